The predicted octanol–water partition coefficient (Wildman–Crippen LogP) is 3.09. The van der Waals surface area contributed by atoms with Gasteiger partial charge in [-0.25, -0.2) is 8.78 Å². The highest BCUT2D eigenvalue weighted by atomic mass is 19.3. The molecular formula is C14H15F2N3. The summed E-state index contributed by atoms with van der Waals surface area (Å²) in [6.07, 6.45) is 1.49. The maximum atomic E-state index is 12.8. The van der Waals surface area contributed by atoms with E-state index in [-0.39, 0.29) is 6.54 Å². The van der Waals surface area contributed by atoms with E-state index >= 15 is 0 Å². The Hall–Kier alpha value is -2.04. The van der Waals surface area contributed by atoms with Gasteiger partial charge in [0.2, 0.25) is 0 Å². The van der Waals surface area contributed by atoms with Crippen LogP contribution < -0.4 is 4.90 Å². The minimum atomic E-state index is -2.36. The van der Waals surface area contributed by atoms with E-state index in [1.165, 1.54) is 0 Å². The average Bonchev–Trinajstić information content (AvgIpc) is 2.94. The molecule has 1 aliphatic rings. The zero-order valence-corrected chi connectivity index (χ0v) is 10.6. The third kappa shape index (κ3) is 2.16. The van der Waals surface area contributed by atoms with Gasteiger partial charge in [0.25, 0.3) is 6.43 Å². The second kappa shape index (κ2) is 4.57. The molecular weight excluding hydrogens is 248 g/mol. The topological polar surface area (TPSA) is 11.4 Å². The number of nitrogens with zero attached hydrogens (tertiary/aromatic N) is 3. The number of halogens is 2. The Morgan fingerprint density at radius 2 is 2.00 bits per heavy atom. The van der Waals surface area contributed by atoms with Gasteiger partial charge in [0.05, 0.1) is 13.2 Å². The number of hydrogen-bond donors (Lipinski definition) is 0. The lowest BCUT2D eigenvalue weighted by Gasteiger charge is -2.20. The minimum Gasteiger partial charge on any atom is -0.361 e. The molecule has 0 saturated carbocycles. The molecule has 0 spiro atoms. The first-order chi connectivity index (χ1) is 9.15. The summed E-state index contributed by atoms with van der Waals surface area (Å²) < 4.78 is 27.3. The van der Waals surface area contributed by atoms with Crippen LogP contribution in [0.3, 0.4) is 0 Å². The standard InChI is InChI=1S/C14H15F2N3/c1-17-6-7-18(10-17)14-8-11-4-2-3-5-12(11)19(14)9-13(15)16/h2-8,13H,9-10H2,1H3. The molecule has 3 rings (SSSR count). The van der Waals surface area contributed by atoms with Crippen molar-refractivity contribution in [2.24, 2.45) is 0 Å². The van der Waals surface area contributed by atoms with Gasteiger partial charge in [-0.05, 0) is 12.1 Å². The van der Waals surface area contributed by atoms with Crippen molar-refractivity contribution in [1.29, 1.82) is 0 Å². The molecule has 0 unspecified atom stereocenters. The summed E-state index contributed by atoms with van der Waals surface area (Å²) in [6, 6.07) is 9.58. The zero-order chi connectivity index (χ0) is 13.4. The summed E-state index contributed by atoms with van der Waals surface area (Å²) in [7, 11) is 1.95. The number of para-hydroxylation sites is 1. The molecule has 0 atom stereocenters. The van der Waals surface area contributed by atoms with Crippen molar-refractivity contribution in [1.82, 2.24) is 9.47 Å². The Bertz CT molecular complexity index is 618. The number of alkyl halides is 2. The van der Waals surface area contributed by atoms with E-state index in [0.29, 0.717) is 6.67 Å². The van der Waals surface area contributed by atoms with Crippen LogP contribution in [0.5, 0.6) is 0 Å². The van der Waals surface area contributed by atoms with Crippen LogP contribution >= 0.6 is 0 Å². The van der Waals surface area contributed by atoms with E-state index in [2.05, 4.69) is 0 Å². The van der Waals surface area contributed by atoms with E-state index in [4.69, 9.17) is 0 Å². The van der Waals surface area contributed by atoms with E-state index in [0.717, 1.165) is 16.7 Å². The van der Waals surface area contributed by atoms with Crippen LogP contribution in [0.1, 0.15) is 0 Å². The van der Waals surface area contributed by atoms with Gasteiger partial charge in [0, 0.05) is 30.4 Å². The summed E-state index contributed by atoms with van der Waals surface area (Å²) in [5.41, 5.74) is 0.848. The zero-order valence-electron chi connectivity index (χ0n) is 10.6. The van der Waals surface area contributed by atoms with Crippen molar-refractivity contribution in [2.45, 2.75) is 13.0 Å². The highest BCUT2D eigenvalue weighted by Crippen LogP contribution is 2.29. The largest absolute Gasteiger partial charge is 0.361 e. The molecule has 1 aromatic heterocycles. The average molecular weight is 263 g/mol. The molecule has 0 amide bonds. The molecule has 3 nitrogen and oxygen atoms in total. The van der Waals surface area contributed by atoms with Gasteiger partial charge < -0.3 is 14.4 Å². The molecule has 0 N–H and O–H groups in total. The van der Waals surface area contributed by atoms with Crippen molar-refractivity contribution >= 4 is 16.7 Å². The van der Waals surface area contributed by atoms with Crippen molar-refractivity contribution in [3.05, 3.63) is 42.7 Å². The number of benzene rings is 1. The van der Waals surface area contributed by atoms with Gasteiger partial charge in [-0.15, -0.1) is 0 Å². The first-order valence-corrected chi connectivity index (χ1v) is 6.17. The smallest absolute Gasteiger partial charge is 0.256 e. The molecule has 1 aromatic carbocycles. The lowest BCUT2D eigenvalue weighted by atomic mass is 10.2. The number of hydrogen-bond acceptors (Lipinski definition) is 2. The number of rotatable bonds is 3. The van der Waals surface area contributed by atoms with Crippen LogP contribution in [0.4, 0.5) is 14.6 Å². The summed E-state index contributed by atoms with van der Waals surface area (Å²) in [6.45, 7) is 0.399. The molecule has 0 saturated heterocycles. The van der Waals surface area contributed by atoms with Crippen LogP contribution in [-0.2, 0) is 6.54 Å². The predicted molar refractivity (Wildman–Crippen MR) is 72.2 cm³/mol. The Balaban J connectivity index is 2.09. The summed E-state index contributed by atoms with van der Waals surface area (Å²) in [4.78, 5) is 3.98. The fraction of sp³-hybridized carbons (Fsp3) is 0.286. The van der Waals surface area contributed by atoms with Crippen molar-refractivity contribution < 1.29 is 8.78 Å². The minimum absolute atomic E-state index is 0.281. The van der Waals surface area contributed by atoms with E-state index in [9.17, 15) is 8.78 Å². The molecule has 0 radical (unpaired) electrons. The molecule has 2 heterocycles. The van der Waals surface area contributed by atoms with Crippen molar-refractivity contribution in [3.63, 3.8) is 0 Å². The van der Waals surface area contributed by atoms with Crippen LogP contribution in [0.15, 0.2) is 42.7 Å². The second-order valence-electron chi connectivity index (χ2n) is 4.73. The molecule has 1 aliphatic heterocycles. The van der Waals surface area contributed by atoms with E-state index < -0.39 is 6.43 Å². The first-order valence-electron chi connectivity index (χ1n) is 6.17. The van der Waals surface area contributed by atoms with Gasteiger partial charge in [-0.1, -0.05) is 18.2 Å². The number of aromatic nitrogens is 1. The lowest BCUT2D eigenvalue weighted by Crippen LogP contribution is -2.24. The van der Waals surface area contributed by atoms with Crippen molar-refractivity contribution in [2.75, 3.05) is 18.6 Å². The molecule has 19 heavy (non-hydrogen) atoms. The SMILES string of the molecule is CN1C=CN(c2cc3ccccc3n2CC(F)F)C1. The quantitative estimate of drug-likeness (QED) is 0.843. The normalized spacial score (nSPS) is 15.2. The lowest BCUT2D eigenvalue weighted by molar-refractivity contribution is 0.128. The third-order valence-electron chi connectivity index (χ3n) is 3.28. The fourth-order valence-corrected chi connectivity index (χ4v) is 2.44. The van der Waals surface area contributed by atoms with Gasteiger partial charge >= 0.3 is 0 Å². The molecule has 0 bridgehead atoms. The van der Waals surface area contributed by atoms with Crippen LogP contribution in [0.25, 0.3) is 10.9 Å². The Morgan fingerprint density at radius 1 is 1.21 bits per heavy atom. The summed E-state index contributed by atoms with van der Waals surface area (Å²) in [5, 5.41) is 0.987. The Labute approximate surface area is 110 Å². The first kappa shape index (κ1) is 12.0. The van der Waals surface area contributed by atoms with E-state index in [1.54, 1.807) is 4.57 Å². The van der Waals surface area contributed by atoms with Gasteiger partial charge in [0.15, 0.2) is 0 Å². The summed E-state index contributed by atoms with van der Waals surface area (Å²) >= 11 is 0. The maximum Gasteiger partial charge on any atom is 0.256 e. The van der Waals surface area contributed by atoms with E-state index in [1.807, 2.05) is 59.6 Å². The van der Waals surface area contributed by atoms with Crippen molar-refractivity contribution in [3.8, 4) is 0 Å². The van der Waals surface area contributed by atoms with Gasteiger partial charge in [-0.2, -0.15) is 0 Å². The Morgan fingerprint density at radius 3 is 2.68 bits per heavy atom. The molecule has 0 aliphatic carbocycles. The second-order valence-corrected chi connectivity index (χ2v) is 4.73. The highest BCUT2D eigenvalue weighted by Gasteiger charge is 2.19. The van der Waals surface area contributed by atoms with Crippen LogP contribution in [-0.4, -0.2) is 29.6 Å². The molecule has 0 fully saturated rings. The highest BCUT2D eigenvalue weighted by molar-refractivity contribution is 5.85. The van der Waals surface area contributed by atoms with Gasteiger partial charge in [0.1, 0.15) is 5.82 Å². The molecule has 5 heteroatoms. The Kier molecular flexibility index (Phi) is 2.89. The number of anilines is 1. The fourth-order valence-electron chi connectivity index (χ4n) is 2.44. The maximum absolute atomic E-state index is 12.8. The molecule has 2 aromatic rings. The number of fused-ring (bicyclic) bond motifs is 1. The summed E-state index contributed by atoms with van der Waals surface area (Å²) in [5.74, 6) is 0.808. The monoisotopic (exact) mass is 263 g/mol. The van der Waals surface area contributed by atoms with Crippen LogP contribution in [0, 0.1) is 0 Å². The molecule has 100 valence electrons. The van der Waals surface area contributed by atoms with Crippen LogP contribution in [0.2, 0.25) is 0 Å². The van der Waals surface area contributed by atoms with Gasteiger partial charge in [-0.3, -0.25) is 0 Å². The third-order valence-corrected chi connectivity index (χ3v) is 3.28.